The Morgan fingerprint density at radius 2 is 1.27 bits per heavy atom. The van der Waals surface area contributed by atoms with Gasteiger partial charge in [0.05, 0.1) is 34.6 Å². The Kier molecular flexibility index (Phi) is 5.59. The van der Waals surface area contributed by atoms with Gasteiger partial charge in [-0.2, -0.15) is 4.58 Å². The summed E-state index contributed by atoms with van der Waals surface area (Å²) >= 11 is 0. The van der Waals surface area contributed by atoms with E-state index in [-0.39, 0.29) is 0 Å². The van der Waals surface area contributed by atoms with Gasteiger partial charge in [0.2, 0.25) is 11.0 Å². The van der Waals surface area contributed by atoms with Crippen LogP contribution in [-0.4, -0.2) is 28.0 Å². The zero-order chi connectivity index (χ0) is 28.2. The van der Waals surface area contributed by atoms with Gasteiger partial charge in [0.1, 0.15) is 6.54 Å². The Balaban J connectivity index is 1.69. The summed E-state index contributed by atoms with van der Waals surface area (Å²) in [7, 11) is 0. The highest BCUT2D eigenvalue weighted by atomic mass is 19.2. The lowest BCUT2D eigenvalue weighted by Gasteiger charge is -2.45. The van der Waals surface area contributed by atoms with Crippen LogP contribution in [0, 0.1) is 27.7 Å². The lowest BCUT2D eigenvalue weighted by atomic mass is 9.81. The van der Waals surface area contributed by atoms with Crippen LogP contribution in [-0.2, 0) is 12.8 Å². The van der Waals surface area contributed by atoms with E-state index in [1.807, 2.05) is 0 Å². The van der Waals surface area contributed by atoms with Crippen LogP contribution in [0.15, 0.2) is 42.5 Å². The highest BCUT2D eigenvalue weighted by Crippen LogP contribution is 2.55. The van der Waals surface area contributed by atoms with E-state index in [0.29, 0.717) is 0 Å². The van der Waals surface area contributed by atoms with E-state index in [2.05, 4.69) is 105 Å². The van der Waals surface area contributed by atoms with Crippen molar-refractivity contribution in [2.75, 3.05) is 6.54 Å². The van der Waals surface area contributed by atoms with Gasteiger partial charge in [-0.1, -0.05) is 26.0 Å². The molecule has 0 bridgehead atoms. The molecule has 4 aromatic rings. The minimum Gasteiger partial charge on any atom is -0.336 e. The van der Waals surface area contributed by atoms with Crippen LogP contribution < -0.4 is 15.2 Å². The average Bonchev–Trinajstić information content (AvgIpc) is 3.46. The summed E-state index contributed by atoms with van der Waals surface area (Å²) in [6.45, 7) is 15.9. The number of hydrogen-bond donors (Lipinski definition) is 0. The normalized spacial score (nSPS) is 22.3. The summed E-state index contributed by atoms with van der Waals surface area (Å²) in [5, 5.41) is 2.32. The van der Waals surface area contributed by atoms with Crippen molar-refractivity contribution in [1.29, 1.82) is 0 Å². The average molecular weight is 539 g/mol. The van der Waals surface area contributed by atoms with E-state index in [1.165, 1.54) is 44.4 Å². The minimum atomic E-state index is -1.52. The van der Waals surface area contributed by atoms with Gasteiger partial charge in [-0.15, -0.1) is 0 Å². The van der Waals surface area contributed by atoms with Gasteiger partial charge in [0.25, 0.3) is 0 Å². The zero-order valence-corrected chi connectivity index (χ0v) is 24.6. The largest absolute Gasteiger partial charge is 0.336 e. The van der Waals surface area contributed by atoms with Gasteiger partial charge in [-0.25, -0.2) is 8.78 Å². The van der Waals surface area contributed by atoms with Crippen molar-refractivity contribution < 1.29 is 8.78 Å². The van der Waals surface area contributed by atoms with Crippen molar-refractivity contribution in [1.82, 2.24) is 13.7 Å². The lowest BCUT2D eigenvalue weighted by Crippen LogP contribution is -2.52. The molecule has 40 heavy (non-hydrogen) atoms. The summed E-state index contributed by atoms with van der Waals surface area (Å²) in [5.74, 6) is 0. The van der Waals surface area contributed by atoms with Crippen LogP contribution in [0.4, 0.5) is 14.5 Å². The molecule has 0 N–H and O–H groups in total. The maximum absolute atomic E-state index is 15.7. The molecule has 2 aliphatic heterocycles. The molecule has 4 unspecified atom stereocenters. The van der Waals surface area contributed by atoms with Crippen molar-refractivity contribution >= 4 is 11.3 Å². The number of para-hydroxylation sites is 1. The molecule has 1 fully saturated rings. The number of hydrogen-bond acceptors (Lipinski definition) is 0. The minimum absolute atomic E-state index is 0.554. The Morgan fingerprint density at radius 1 is 0.725 bits per heavy atom. The van der Waals surface area contributed by atoms with Crippen molar-refractivity contribution in [2.24, 2.45) is 0 Å². The van der Waals surface area contributed by atoms with E-state index in [9.17, 15) is 0 Å². The fourth-order valence-corrected chi connectivity index (χ4v) is 8.35. The maximum Gasteiger partial charge on any atom is 0.213 e. The van der Waals surface area contributed by atoms with E-state index >= 15 is 8.78 Å². The zero-order valence-electron chi connectivity index (χ0n) is 24.6. The number of rotatable bonds is 3. The second kappa shape index (κ2) is 8.76. The molecule has 0 spiro atoms. The Bertz CT molecular complexity index is 1780. The highest BCUT2D eigenvalue weighted by Gasteiger charge is 2.58. The number of aromatic nitrogens is 2. The molecule has 1 saturated carbocycles. The lowest BCUT2D eigenvalue weighted by molar-refractivity contribution is -0.0498. The molecule has 0 saturated heterocycles. The molecule has 1 aliphatic carbocycles. The van der Waals surface area contributed by atoms with Gasteiger partial charge in [0.15, 0.2) is 12.3 Å². The first-order valence-electron chi connectivity index (χ1n) is 14.8. The fourth-order valence-electron chi connectivity index (χ4n) is 8.35. The first kappa shape index (κ1) is 25.5. The molecule has 3 nitrogen and oxygen atoms in total. The molecular formula is C35H38F2N3+. The molecule has 5 heteroatoms. The number of fused-ring (bicyclic) bond motifs is 8. The summed E-state index contributed by atoms with van der Waals surface area (Å²) in [5.41, 5.74) is 13.9. The van der Waals surface area contributed by atoms with Crippen LogP contribution >= 0.6 is 0 Å². The standard InChI is InChI=1S/C35H38F2N3/c1-8-23-18(4)32-29(22-15-16-28-26(17-22)25-13-11-12-14-27(25)38(28)10-3)33-19(5)24(9-2)21(7)40(33)35-31(37)30(36)34(35)39(32)20(23)6/h11-17,30-31,34-35H,8-10H2,1-7H3/q+1. The molecule has 0 radical (unpaired) electrons. The predicted molar refractivity (Wildman–Crippen MR) is 159 cm³/mol. The number of halogens is 2. The van der Waals surface area contributed by atoms with E-state index < -0.39 is 24.4 Å². The second-order valence-corrected chi connectivity index (χ2v) is 11.8. The van der Waals surface area contributed by atoms with Gasteiger partial charge < -0.3 is 9.13 Å². The summed E-state index contributed by atoms with van der Waals surface area (Å²) in [6, 6.07) is 14.3. The number of nitrogens with zero attached hydrogens (tertiary/aromatic N) is 3. The Morgan fingerprint density at radius 3 is 1.80 bits per heavy atom. The van der Waals surface area contributed by atoms with Gasteiger partial charge in [-0.05, 0) is 93.1 Å². The summed E-state index contributed by atoms with van der Waals surface area (Å²) in [4.78, 5) is 0. The molecule has 2 aromatic carbocycles. The Labute approximate surface area is 235 Å². The molecule has 7 rings (SSSR count). The SMILES string of the molecule is CCc1c(C)c2n(c1C)C1C(F)C(F)C1n1c(C)c(CC)c(C)c1C2=c1ccc2c(c1)-c1ccccc1[N+]=2CC. The van der Waals surface area contributed by atoms with Crippen LogP contribution in [0.25, 0.3) is 16.7 Å². The summed E-state index contributed by atoms with van der Waals surface area (Å²) < 4.78 is 38.1. The molecular weight excluding hydrogens is 500 g/mol. The summed E-state index contributed by atoms with van der Waals surface area (Å²) in [6.07, 6.45) is -1.33. The quantitative estimate of drug-likeness (QED) is 0.264. The van der Waals surface area contributed by atoms with E-state index in [0.717, 1.165) is 53.0 Å². The van der Waals surface area contributed by atoms with Crippen LogP contribution in [0.5, 0.6) is 0 Å². The molecule has 0 amide bonds. The molecule has 206 valence electrons. The fraction of sp³-hybridized carbons (Fsp3) is 0.400. The Hall–Kier alpha value is -3.47. The van der Waals surface area contributed by atoms with Crippen molar-refractivity contribution in [2.45, 2.75) is 85.7 Å². The van der Waals surface area contributed by atoms with Crippen molar-refractivity contribution in [3.05, 3.63) is 98.1 Å². The maximum atomic E-state index is 15.7. The molecule has 2 aromatic heterocycles. The van der Waals surface area contributed by atoms with Crippen molar-refractivity contribution in [3.63, 3.8) is 0 Å². The highest BCUT2D eigenvalue weighted by molar-refractivity contribution is 5.85. The third-order valence-electron chi connectivity index (χ3n) is 10.2. The smallest absolute Gasteiger partial charge is 0.213 e. The first-order chi connectivity index (χ1) is 19.3. The first-order valence-corrected chi connectivity index (χ1v) is 14.8. The third kappa shape index (κ3) is 2.96. The van der Waals surface area contributed by atoms with Gasteiger partial charge >= 0.3 is 0 Å². The van der Waals surface area contributed by atoms with E-state index in [4.69, 9.17) is 0 Å². The topological polar surface area (TPSA) is 12.9 Å². The molecule has 4 heterocycles. The molecule has 3 aliphatic rings. The van der Waals surface area contributed by atoms with Crippen LogP contribution in [0.3, 0.4) is 0 Å². The van der Waals surface area contributed by atoms with E-state index in [1.54, 1.807) is 0 Å². The number of benzene rings is 2. The van der Waals surface area contributed by atoms with Gasteiger partial charge in [-0.3, -0.25) is 0 Å². The monoisotopic (exact) mass is 538 g/mol. The third-order valence-corrected chi connectivity index (χ3v) is 10.2. The predicted octanol–water partition coefficient (Wildman–Crippen LogP) is 6.50. The van der Waals surface area contributed by atoms with Crippen LogP contribution in [0.1, 0.15) is 77.9 Å². The van der Waals surface area contributed by atoms with Crippen LogP contribution in [0.2, 0.25) is 0 Å². The number of alkyl halides is 2. The van der Waals surface area contributed by atoms with Gasteiger partial charge in [0, 0.05) is 29.1 Å². The molecule has 4 atom stereocenters. The second-order valence-electron chi connectivity index (χ2n) is 11.8. The van der Waals surface area contributed by atoms with Crippen molar-refractivity contribution in [3.8, 4) is 11.1 Å².